The lowest BCUT2D eigenvalue weighted by Gasteiger charge is -2.01. The summed E-state index contributed by atoms with van der Waals surface area (Å²) in [6.45, 7) is 1.90. The van der Waals surface area contributed by atoms with Crippen LogP contribution in [0.3, 0.4) is 0 Å². The van der Waals surface area contributed by atoms with Gasteiger partial charge in [-0.25, -0.2) is 4.39 Å². The molecule has 0 bridgehead atoms. The molecule has 0 aliphatic rings. The van der Waals surface area contributed by atoms with E-state index >= 15 is 0 Å². The third kappa shape index (κ3) is 2.42. The van der Waals surface area contributed by atoms with Gasteiger partial charge in [-0.1, -0.05) is 0 Å². The Morgan fingerprint density at radius 2 is 2.36 bits per heavy atom. The minimum absolute atomic E-state index is 0.0483. The second-order valence-electron chi connectivity index (χ2n) is 2.63. The average molecular weight is 199 g/mol. The highest BCUT2D eigenvalue weighted by molar-refractivity contribution is 5.72. The number of hydrogen-bond acceptors (Lipinski definition) is 3. The molecule has 1 N–H and O–H groups in total. The first-order valence-corrected chi connectivity index (χ1v) is 4.16. The summed E-state index contributed by atoms with van der Waals surface area (Å²) in [5.41, 5.74) is -0.779. The van der Waals surface area contributed by atoms with Crippen LogP contribution in [0.4, 0.5) is 4.39 Å². The molecule has 0 fully saturated rings. The number of carbonyl (C=O) groups is 1. The molecule has 0 amide bonds. The molecule has 1 rings (SSSR count). The van der Waals surface area contributed by atoms with E-state index < -0.39 is 17.3 Å². The van der Waals surface area contributed by atoms with Crippen molar-refractivity contribution in [2.24, 2.45) is 0 Å². The van der Waals surface area contributed by atoms with Crippen molar-refractivity contribution >= 4 is 5.97 Å². The van der Waals surface area contributed by atoms with Gasteiger partial charge in [-0.15, -0.1) is 0 Å². The number of carbonyl (C=O) groups excluding carboxylic acids is 1. The predicted molar refractivity (Wildman–Crippen MR) is 47.4 cm³/mol. The smallest absolute Gasteiger partial charge is 0.310 e. The van der Waals surface area contributed by atoms with Gasteiger partial charge in [-0.05, 0) is 13.0 Å². The van der Waals surface area contributed by atoms with Gasteiger partial charge in [0.2, 0.25) is 0 Å². The lowest BCUT2D eigenvalue weighted by Crippen LogP contribution is -2.16. The van der Waals surface area contributed by atoms with Crippen LogP contribution in [0.2, 0.25) is 0 Å². The van der Waals surface area contributed by atoms with Gasteiger partial charge in [-0.3, -0.25) is 9.59 Å². The van der Waals surface area contributed by atoms with Crippen LogP contribution >= 0.6 is 0 Å². The lowest BCUT2D eigenvalue weighted by molar-refractivity contribution is -0.142. The van der Waals surface area contributed by atoms with Gasteiger partial charge < -0.3 is 9.72 Å². The molecule has 0 aliphatic heterocycles. The molecule has 0 aliphatic carbocycles. The van der Waals surface area contributed by atoms with E-state index in [0.717, 1.165) is 0 Å². The van der Waals surface area contributed by atoms with E-state index in [1.54, 1.807) is 6.92 Å². The van der Waals surface area contributed by atoms with E-state index in [4.69, 9.17) is 0 Å². The molecular formula is C9H10FNO3. The van der Waals surface area contributed by atoms with E-state index in [9.17, 15) is 14.0 Å². The highest BCUT2D eigenvalue weighted by Crippen LogP contribution is 2.02. The Morgan fingerprint density at radius 1 is 1.64 bits per heavy atom. The van der Waals surface area contributed by atoms with Crippen molar-refractivity contribution in [3.8, 4) is 0 Å². The summed E-state index contributed by atoms with van der Waals surface area (Å²) in [6, 6.07) is 1.34. The number of nitrogens with one attached hydrogen (secondary N) is 1. The van der Waals surface area contributed by atoms with Gasteiger partial charge >= 0.3 is 5.97 Å². The van der Waals surface area contributed by atoms with E-state index in [1.807, 2.05) is 0 Å². The van der Waals surface area contributed by atoms with Crippen molar-refractivity contribution in [3.05, 3.63) is 34.0 Å². The summed E-state index contributed by atoms with van der Waals surface area (Å²) in [6.07, 6.45) is 1.07. The normalized spacial score (nSPS) is 9.86. The largest absolute Gasteiger partial charge is 0.466 e. The van der Waals surface area contributed by atoms with Crippen molar-refractivity contribution in [2.75, 3.05) is 6.61 Å². The molecule has 0 aromatic carbocycles. The van der Waals surface area contributed by atoms with Gasteiger partial charge in [0.15, 0.2) is 5.82 Å². The number of aromatic amines is 1. The summed E-state index contributed by atoms with van der Waals surface area (Å²) >= 11 is 0. The first-order chi connectivity index (χ1) is 6.65. The monoisotopic (exact) mass is 199 g/mol. The third-order valence-electron chi connectivity index (χ3n) is 1.62. The topological polar surface area (TPSA) is 59.2 Å². The van der Waals surface area contributed by atoms with Crippen molar-refractivity contribution in [1.29, 1.82) is 0 Å². The Morgan fingerprint density at radius 3 is 3.00 bits per heavy atom. The second kappa shape index (κ2) is 4.55. The maximum atomic E-state index is 13.1. The molecule has 4 nitrogen and oxygen atoms in total. The first-order valence-electron chi connectivity index (χ1n) is 4.16. The maximum absolute atomic E-state index is 13.1. The van der Waals surface area contributed by atoms with Gasteiger partial charge in [0.25, 0.3) is 5.56 Å². The van der Waals surface area contributed by atoms with Crippen LogP contribution in [-0.2, 0) is 16.0 Å². The number of esters is 1. The number of ether oxygens (including phenoxy) is 1. The highest BCUT2D eigenvalue weighted by atomic mass is 19.1. The van der Waals surface area contributed by atoms with E-state index in [0.29, 0.717) is 0 Å². The number of aromatic nitrogens is 1. The predicted octanol–water partition coefficient (Wildman–Crippen LogP) is 0.620. The van der Waals surface area contributed by atoms with Crippen molar-refractivity contribution in [2.45, 2.75) is 13.3 Å². The van der Waals surface area contributed by atoms with Crippen LogP contribution in [0.25, 0.3) is 0 Å². The summed E-state index contributed by atoms with van der Waals surface area (Å²) in [7, 11) is 0. The number of pyridine rings is 1. The van der Waals surface area contributed by atoms with Crippen LogP contribution < -0.4 is 5.56 Å². The quantitative estimate of drug-likeness (QED) is 0.726. The van der Waals surface area contributed by atoms with Crippen molar-refractivity contribution < 1.29 is 13.9 Å². The van der Waals surface area contributed by atoms with Gasteiger partial charge in [-0.2, -0.15) is 0 Å². The Balaban J connectivity index is 2.82. The summed E-state index contributed by atoms with van der Waals surface area (Å²) in [5, 5.41) is 0. The highest BCUT2D eigenvalue weighted by Gasteiger charge is 2.10. The zero-order valence-electron chi connectivity index (χ0n) is 7.67. The SMILES string of the molecule is CCOC(=O)Cc1cc[nH]c(=O)c1F. The summed E-state index contributed by atoms with van der Waals surface area (Å²) in [4.78, 5) is 23.9. The Labute approximate surface area is 79.7 Å². The van der Waals surface area contributed by atoms with Gasteiger partial charge in [0, 0.05) is 11.8 Å². The molecular weight excluding hydrogens is 189 g/mol. The first kappa shape index (κ1) is 10.4. The van der Waals surface area contributed by atoms with Crippen LogP contribution in [0, 0.1) is 5.82 Å². The fourth-order valence-electron chi connectivity index (χ4n) is 1.00. The number of hydrogen-bond donors (Lipinski definition) is 1. The molecule has 0 saturated heterocycles. The second-order valence-corrected chi connectivity index (χ2v) is 2.63. The standard InChI is InChI=1S/C9H10FNO3/c1-2-14-7(12)5-6-3-4-11-9(13)8(6)10/h3-4H,2,5H2,1H3,(H,11,13). The van der Waals surface area contributed by atoms with Crippen LogP contribution in [0.1, 0.15) is 12.5 Å². The molecule has 1 heterocycles. The van der Waals surface area contributed by atoms with E-state index in [1.165, 1.54) is 12.3 Å². The molecule has 1 aromatic heterocycles. The maximum Gasteiger partial charge on any atom is 0.310 e. The lowest BCUT2D eigenvalue weighted by atomic mass is 10.2. The van der Waals surface area contributed by atoms with E-state index in [-0.39, 0.29) is 18.6 Å². The van der Waals surface area contributed by atoms with Crippen LogP contribution in [-0.4, -0.2) is 17.6 Å². The molecule has 76 valence electrons. The van der Waals surface area contributed by atoms with Crippen molar-refractivity contribution in [1.82, 2.24) is 4.98 Å². The third-order valence-corrected chi connectivity index (χ3v) is 1.62. The van der Waals surface area contributed by atoms with Crippen LogP contribution in [0.15, 0.2) is 17.1 Å². The molecule has 14 heavy (non-hydrogen) atoms. The molecule has 0 radical (unpaired) electrons. The zero-order valence-corrected chi connectivity index (χ0v) is 7.67. The number of rotatable bonds is 3. The summed E-state index contributed by atoms with van der Waals surface area (Å²) < 4.78 is 17.7. The number of H-pyrrole nitrogens is 1. The molecule has 0 atom stereocenters. The number of halogens is 1. The Bertz CT molecular complexity index is 386. The fraction of sp³-hybridized carbons (Fsp3) is 0.333. The zero-order chi connectivity index (χ0) is 10.6. The van der Waals surface area contributed by atoms with Crippen LogP contribution in [0.5, 0.6) is 0 Å². The molecule has 1 aromatic rings. The van der Waals surface area contributed by atoms with Gasteiger partial charge in [0.1, 0.15) is 0 Å². The minimum Gasteiger partial charge on any atom is -0.466 e. The molecule has 0 saturated carbocycles. The molecule has 0 spiro atoms. The average Bonchev–Trinajstić information content (AvgIpc) is 2.13. The Kier molecular flexibility index (Phi) is 3.39. The Hall–Kier alpha value is -1.65. The molecule has 0 unspecified atom stereocenters. The van der Waals surface area contributed by atoms with Crippen molar-refractivity contribution in [3.63, 3.8) is 0 Å². The summed E-state index contributed by atoms with van der Waals surface area (Å²) in [5.74, 6) is -1.47. The minimum atomic E-state index is -0.930. The van der Waals surface area contributed by atoms with Gasteiger partial charge in [0.05, 0.1) is 13.0 Å². The molecule has 5 heteroatoms. The fourth-order valence-corrected chi connectivity index (χ4v) is 1.00. The van der Waals surface area contributed by atoms with E-state index in [2.05, 4.69) is 9.72 Å².